The van der Waals surface area contributed by atoms with Gasteiger partial charge in [0.05, 0.1) is 12.6 Å². The Labute approximate surface area is 138 Å². The second kappa shape index (κ2) is 7.78. The molecule has 0 aromatic rings. The largest absolute Gasteiger partial charge is 0.356 e. The van der Waals surface area contributed by atoms with E-state index < -0.39 is 5.54 Å². The third-order valence-electron chi connectivity index (χ3n) is 4.90. The smallest absolute Gasteiger partial charge is 0.235 e. The first-order valence-corrected chi connectivity index (χ1v) is 8.71. The Balaban J connectivity index is 1.72. The quantitative estimate of drug-likeness (QED) is 0.734. The number of carbonyl (C=O) groups excluding carboxylic acids is 2. The van der Waals surface area contributed by atoms with Crippen molar-refractivity contribution in [3.05, 3.63) is 0 Å². The maximum atomic E-state index is 12.2. The van der Waals surface area contributed by atoms with E-state index in [1.165, 1.54) is 0 Å². The number of nitrogens with one attached hydrogen (secondary N) is 2. The molecule has 2 N–H and O–H groups in total. The van der Waals surface area contributed by atoms with Crippen molar-refractivity contribution in [1.29, 1.82) is 5.26 Å². The van der Waals surface area contributed by atoms with Crippen molar-refractivity contribution in [3.63, 3.8) is 0 Å². The molecule has 2 rings (SSSR count). The molecule has 1 saturated heterocycles. The molecule has 0 aromatic carbocycles. The first-order valence-electron chi connectivity index (χ1n) is 8.71. The average molecular weight is 320 g/mol. The predicted molar refractivity (Wildman–Crippen MR) is 87.3 cm³/mol. The molecule has 2 amide bonds. The maximum absolute atomic E-state index is 12.2. The van der Waals surface area contributed by atoms with Gasteiger partial charge in [0.2, 0.25) is 11.8 Å². The number of likely N-dealkylation sites (tertiary alicyclic amines) is 1. The summed E-state index contributed by atoms with van der Waals surface area (Å²) in [7, 11) is 0. The summed E-state index contributed by atoms with van der Waals surface area (Å²) in [6, 6.07) is 2.25. The molecule has 1 saturated carbocycles. The molecule has 0 aromatic heterocycles. The monoisotopic (exact) mass is 320 g/mol. The zero-order valence-corrected chi connectivity index (χ0v) is 14.2. The van der Waals surface area contributed by atoms with Crippen LogP contribution in [0.2, 0.25) is 0 Å². The Hall–Kier alpha value is -1.61. The van der Waals surface area contributed by atoms with Gasteiger partial charge in [-0.25, -0.2) is 0 Å². The van der Waals surface area contributed by atoms with Crippen LogP contribution in [0, 0.1) is 23.2 Å². The number of piperidine rings is 1. The highest BCUT2D eigenvalue weighted by atomic mass is 16.2. The van der Waals surface area contributed by atoms with Crippen LogP contribution in [0.5, 0.6) is 0 Å². The zero-order valence-electron chi connectivity index (χ0n) is 14.2. The predicted octanol–water partition coefficient (Wildman–Crippen LogP) is 1.03. The van der Waals surface area contributed by atoms with E-state index in [2.05, 4.69) is 21.6 Å². The van der Waals surface area contributed by atoms with Crippen molar-refractivity contribution < 1.29 is 9.59 Å². The van der Waals surface area contributed by atoms with Crippen molar-refractivity contribution in [3.8, 4) is 6.07 Å². The molecule has 1 aliphatic carbocycles. The summed E-state index contributed by atoms with van der Waals surface area (Å²) in [6.45, 7) is 6.41. The van der Waals surface area contributed by atoms with Crippen LogP contribution >= 0.6 is 0 Å². The van der Waals surface area contributed by atoms with Crippen LogP contribution in [-0.4, -0.2) is 48.4 Å². The van der Waals surface area contributed by atoms with Crippen LogP contribution in [0.3, 0.4) is 0 Å². The van der Waals surface area contributed by atoms with Crippen molar-refractivity contribution in [2.75, 3.05) is 26.2 Å². The summed E-state index contributed by atoms with van der Waals surface area (Å²) >= 11 is 0. The molecule has 6 heteroatoms. The lowest BCUT2D eigenvalue weighted by atomic mass is 9.95. The molecule has 1 unspecified atom stereocenters. The fourth-order valence-corrected chi connectivity index (χ4v) is 3.16. The highest BCUT2D eigenvalue weighted by Crippen LogP contribution is 2.39. The summed E-state index contributed by atoms with van der Waals surface area (Å²) in [5, 5.41) is 15.1. The van der Waals surface area contributed by atoms with Crippen molar-refractivity contribution in [1.82, 2.24) is 15.5 Å². The first-order chi connectivity index (χ1) is 11.0. The lowest BCUT2D eigenvalue weighted by Crippen LogP contribution is -2.51. The molecular formula is C17H28N4O2. The summed E-state index contributed by atoms with van der Waals surface area (Å²) in [5.74, 6) is 0.415. The Morgan fingerprint density at radius 2 is 1.91 bits per heavy atom. The lowest BCUT2D eigenvalue weighted by Gasteiger charge is -2.32. The van der Waals surface area contributed by atoms with Gasteiger partial charge < -0.3 is 10.6 Å². The highest BCUT2D eigenvalue weighted by Gasteiger charge is 2.43. The van der Waals surface area contributed by atoms with Gasteiger partial charge in [-0.2, -0.15) is 5.26 Å². The Morgan fingerprint density at radius 1 is 1.26 bits per heavy atom. The minimum atomic E-state index is -0.727. The second-order valence-electron chi connectivity index (χ2n) is 6.98. The van der Waals surface area contributed by atoms with E-state index in [0.29, 0.717) is 12.5 Å². The van der Waals surface area contributed by atoms with Crippen LogP contribution < -0.4 is 10.6 Å². The standard InChI is InChI=1S/C17H28N4O2/c1-3-8-19-16(23)13-6-9-21(10-7-13)11-15(22)20-17(2,12-18)14-4-5-14/h13-14H,3-11H2,1-2H3,(H,19,23)(H,20,22). The zero-order chi connectivity index (χ0) is 16.9. The van der Waals surface area contributed by atoms with Crippen molar-refractivity contribution in [2.24, 2.45) is 11.8 Å². The topological polar surface area (TPSA) is 85.2 Å². The van der Waals surface area contributed by atoms with Crippen LogP contribution in [0.4, 0.5) is 0 Å². The fourth-order valence-electron chi connectivity index (χ4n) is 3.16. The van der Waals surface area contributed by atoms with E-state index in [1.807, 2.05) is 13.8 Å². The molecule has 1 aliphatic heterocycles. The summed E-state index contributed by atoms with van der Waals surface area (Å²) in [5.41, 5.74) is -0.727. The summed E-state index contributed by atoms with van der Waals surface area (Å²) < 4.78 is 0. The minimum Gasteiger partial charge on any atom is -0.356 e. The van der Waals surface area contributed by atoms with Crippen molar-refractivity contribution in [2.45, 2.75) is 51.5 Å². The van der Waals surface area contributed by atoms with E-state index in [1.54, 1.807) is 0 Å². The molecule has 1 atom stereocenters. The van der Waals surface area contributed by atoms with E-state index in [4.69, 9.17) is 0 Å². The molecule has 1 heterocycles. The molecule has 0 spiro atoms. The number of carbonyl (C=O) groups is 2. The molecule has 6 nitrogen and oxygen atoms in total. The van der Waals surface area contributed by atoms with Gasteiger partial charge in [0, 0.05) is 12.5 Å². The molecule has 2 aliphatic rings. The van der Waals surface area contributed by atoms with Gasteiger partial charge in [0.15, 0.2) is 0 Å². The van der Waals surface area contributed by atoms with Gasteiger partial charge in [0.25, 0.3) is 0 Å². The number of nitriles is 1. The number of hydrogen-bond acceptors (Lipinski definition) is 4. The first kappa shape index (κ1) is 17.7. The lowest BCUT2D eigenvalue weighted by molar-refractivity contribution is -0.127. The van der Waals surface area contributed by atoms with E-state index in [0.717, 1.165) is 51.7 Å². The van der Waals surface area contributed by atoms with Gasteiger partial charge in [-0.3, -0.25) is 14.5 Å². The Kier molecular flexibility index (Phi) is 6.00. The number of nitrogens with zero attached hydrogens (tertiary/aromatic N) is 2. The van der Waals surface area contributed by atoms with Gasteiger partial charge in [0.1, 0.15) is 5.54 Å². The van der Waals surface area contributed by atoms with E-state index in [-0.39, 0.29) is 17.7 Å². The summed E-state index contributed by atoms with van der Waals surface area (Å²) in [6.07, 6.45) is 4.57. The van der Waals surface area contributed by atoms with E-state index >= 15 is 0 Å². The second-order valence-corrected chi connectivity index (χ2v) is 6.98. The van der Waals surface area contributed by atoms with Gasteiger partial charge >= 0.3 is 0 Å². The Morgan fingerprint density at radius 3 is 2.43 bits per heavy atom. The number of amides is 2. The van der Waals surface area contributed by atoms with Crippen LogP contribution in [0.25, 0.3) is 0 Å². The minimum absolute atomic E-state index is 0.0664. The SMILES string of the molecule is CCCNC(=O)C1CCN(CC(=O)NC(C)(C#N)C2CC2)CC1. The molecule has 128 valence electrons. The van der Waals surface area contributed by atoms with Crippen LogP contribution in [0.1, 0.15) is 46.0 Å². The van der Waals surface area contributed by atoms with Gasteiger partial charge in [-0.1, -0.05) is 6.92 Å². The average Bonchev–Trinajstić information content (AvgIpc) is 3.38. The maximum Gasteiger partial charge on any atom is 0.235 e. The number of rotatable bonds is 7. The third-order valence-corrected chi connectivity index (χ3v) is 4.90. The third kappa shape index (κ3) is 4.93. The molecule has 0 radical (unpaired) electrons. The van der Waals surface area contributed by atoms with E-state index in [9.17, 15) is 14.9 Å². The van der Waals surface area contributed by atoms with Gasteiger partial charge in [-0.05, 0) is 58.0 Å². The molecule has 0 bridgehead atoms. The highest BCUT2D eigenvalue weighted by molar-refractivity contribution is 5.80. The van der Waals surface area contributed by atoms with Crippen LogP contribution in [-0.2, 0) is 9.59 Å². The molecule has 2 fully saturated rings. The molecule has 23 heavy (non-hydrogen) atoms. The molecular weight excluding hydrogens is 292 g/mol. The van der Waals surface area contributed by atoms with Gasteiger partial charge in [-0.15, -0.1) is 0 Å². The Bertz CT molecular complexity index is 475. The van der Waals surface area contributed by atoms with Crippen molar-refractivity contribution >= 4 is 11.8 Å². The normalized spacial score (nSPS) is 22.0. The number of hydrogen-bond donors (Lipinski definition) is 2. The summed E-state index contributed by atoms with van der Waals surface area (Å²) in [4.78, 5) is 26.2. The van der Waals surface area contributed by atoms with Crippen LogP contribution in [0.15, 0.2) is 0 Å². The fraction of sp³-hybridized carbons (Fsp3) is 0.824.